The number of carbonyl (C=O) groups is 3. The summed E-state index contributed by atoms with van der Waals surface area (Å²) in [6, 6.07) is 30.2. The fourth-order valence-electron chi connectivity index (χ4n) is 7.47. The van der Waals surface area contributed by atoms with E-state index >= 15 is 0 Å². The molecule has 0 aliphatic carbocycles. The number of aliphatic hydroxyl groups excluding tert-OH is 1. The maximum absolute atomic E-state index is 14.4. The van der Waals surface area contributed by atoms with Crippen LogP contribution in [0.2, 0.25) is 0 Å². The number of ether oxygens (including phenoxy) is 2. The Kier molecular flexibility index (Phi) is 6.91. The highest BCUT2D eigenvalue weighted by Gasteiger charge is 2.74. The maximum Gasteiger partial charge on any atom is 0.325 e. The van der Waals surface area contributed by atoms with Crippen LogP contribution < -0.4 is 10.1 Å². The van der Waals surface area contributed by atoms with Crippen LogP contribution in [0.1, 0.15) is 40.4 Å². The molecule has 3 aliphatic heterocycles. The van der Waals surface area contributed by atoms with Gasteiger partial charge in [0.25, 0.3) is 0 Å². The van der Waals surface area contributed by atoms with Crippen LogP contribution >= 0.6 is 0 Å². The summed E-state index contributed by atoms with van der Waals surface area (Å²) in [5, 5.41) is 23.3. The Morgan fingerprint density at radius 3 is 2.20 bits per heavy atom. The Labute approximate surface area is 253 Å². The molecule has 3 heterocycles. The molecule has 6 unspecified atom stereocenters. The minimum atomic E-state index is -1.69. The zero-order chi connectivity index (χ0) is 30.4. The number of nitrogens with zero attached hydrogens (tertiary/aromatic N) is 1. The molecule has 2 saturated heterocycles. The highest BCUT2D eigenvalue weighted by molar-refractivity contribution is 6.11. The van der Waals surface area contributed by atoms with Gasteiger partial charge in [-0.2, -0.15) is 0 Å². The van der Waals surface area contributed by atoms with Crippen LogP contribution in [0, 0.1) is 5.92 Å². The van der Waals surface area contributed by atoms with Gasteiger partial charge in [-0.15, -0.1) is 0 Å². The van der Waals surface area contributed by atoms with Gasteiger partial charge < -0.3 is 25.0 Å². The Morgan fingerprint density at radius 2 is 1.50 bits per heavy atom. The molecule has 1 spiro atoms. The Hall–Kier alpha value is -4.99. The summed E-state index contributed by atoms with van der Waals surface area (Å²) < 4.78 is 12.0. The average molecular weight is 591 g/mol. The van der Waals surface area contributed by atoms with E-state index in [1.54, 1.807) is 42.5 Å². The lowest BCUT2D eigenvalue weighted by atomic mass is 9.65. The number of nitrogens with one attached hydrogen (secondary N) is 1. The summed E-state index contributed by atoms with van der Waals surface area (Å²) in [6.07, 6.45) is -0.789. The van der Waals surface area contributed by atoms with Gasteiger partial charge in [0.1, 0.15) is 35.8 Å². The molecule has 9 heteroatoms. The second-order valence-corrected chi connectivity index (χ2v) is 11.2. The van der Waals surface area contributed by atoms with E-state index in [4.69, 9.17) is 9.47 Å². The van der Waals surface area contributed by atoms with Gasteiger partial charge in [0, 0.05) is 5.69 Å². The van der Waals surface area contributed by atoms with Crippen LogP contribution in [0.3, 0.4) is 0 Å². The van der Waals surface area contributed by atoms with Crippen molar-refractivity contribution >= 4 is 23.5 Å². The lowest BCUT2D eigenvalue weighted by molar-refractivity contribution is -0.179. The molecule has 4 aromatic rings. The first-order valence-corrected chi connectivity index (χ1v) is 14.5. The van der Waals surface area contributed by atoms with Crippen LogP contribution in [-0.4, -0.2) is 52.2 Å². The van der Waals surface area contributed by atoms with Crippen LogP contribution in [0.4, 0.5) is 5.69 Å². The van der Waals surface area contributed by atoms with E-state index in [9.17, 15) is 24.6 Å². The van der Waals surface area contributed by atoms with Crippen molar-refractivity contribution in [1.82, 2.24) is 4.90 Å². The first-order chi connectivity index (χ1) is 21.5. The summed E-state index contributed by atoms with van der Waals surface area (Å²) in [5.74, 6) is -3.50. The molecule has 1 amide bonds. The number of carbonyl (C=O) groups excluding carboxylic acids is 2. The van der Waals surface area contributed by atoms with Gasteiger partial charge in [-0.3, -0.25) is 19.3 Å². The number of morpholine rings is 1. The molecule has 3 N–H and O–H groups in total. The number of hydrogen-bond acceptors (Lipinski definition) is 7. The zero-order valence-electron chi connectivity index (χ0n) is 23.6. The number of hydrogen-bond donors (Lipinski definition) is 3. The summed E-state index contributed by atoms with van der Waals surface area (Å²) in [5.41, 5.74) is 1.48. The predicted octanol–water partition coefficient (Wildman–Crippen LogP) is 4.41. The molecule has 0 radical (unpaired) electrons. The third-order valence-corrected chi connectivity index (χ3v) is 9.02. The van der Waals surface area contributed by atoms with Gasteiger partial charge in [0.05, 0.1) is 18.7 Å². The predicted molar refractivity (Wildman–Crippen MR) is 160 cm³/mol. The number of rotatable bonds is 7. The molecule has 6 atom stereocenters. The summed E-state index contributed by atoms with van der Waals surface area (Å²) >= 11 is 0. The number of benzene rings is 4. The van der Waals surface area contributed by atoms with E-state index in [-0.39, 0.29) is 13.2 Å². The lowest BCUT2D eigenvalue weighted by Gasteiger charge is -2.46. The number of anilines is 1. The zero-order valence-corrected chi connectivity index (χ0v) is 23.6. The van der Waals surface area contributed by atoms with Gasteiger partial charge >= 0.3 is 11.9 Å². The van der Waals surface area contributed by atoms with Crippen molar-refractivity contribution in [3.63, 3.8) is 0 Å². The molecule has 222 valence electrons. The average Bonchev–Trinajstić information content (AvgIpc) is 3.53. The van der Waals surface area contributed by atoms with Crippen LogP contribution in [0.25, 0.3) is 0 Å². The fraction of sp³-hybridized carbons (Fsp3) is 0.229. The van der Waals surface area contributed by atoms with Crippen LogP contribution in [0.15, 0.2) is 109 Å². The first kappa shape index (κ1) is 27.8. The molecule has 2 fully saturated rings. The second-order valence-electron chi connectivity index (χ2n) is 11.2. The molecule has 3 aliphatic rings. The van der Waals surface area contributed by atoms with Crippen molar-refractivity contribution < 1.29 is 34.1 Å². The molecular formula is C35H30N2O7. The van der Waals surface area contributed by atoms with Gasteiger partial charge in [0.15, 0.2) is 0 Å². The number of fused-ring (bicyclic) bond motifs is 3. The van der Waals surface area contributed by atoms with E-state index in [1.807, 2.05) is 71.6 Å². The van der Waals surface area contributed by atoms with Gasteiger partial charge in [-0.05, 0) is 40.5 Å². The Bertz CT molecular complexity index is 1730. The highest BCUT2D eigenvalue weighted by atomic mass is 16.6. The number of amides is 1. The molecule has 9 nitrogen and oxygen atoms in total. The quantitative estimate of drug-likeness (QED) is 0.270. The Morgan fingerprint density at radius 1 is 0.841 bits per heavy atom. The Balaban J connectivity index is 1.54. The SMILES string of the molecule is O=C1OC(c2ccccc2)C(c2ccccc2)N2C1C(C(=O)O)C1(C(=O)Nc3ccccc31)C2c1cccc(OCCO)c1. The first-order valence-electron chi connectivity index (χ1n) is 14.5. The maximum atomic E-state index is 14.4. The highest BCUT2D eigenvalue weighted by Crippen LogP contribution is 2.64. The van der Waals surface area contributed by atoms with E-state index in [0.29, 0.717) is 22.6 Å². The van der Waals surface area contributed by atoms with Crippen molar-refractivity contribution in [3.05, 3.63) is 131 Å². The van der Waals surface area contributed by atoms with Crippen molar-refractivity contribution in [2.45, 2.75) is 29.6 Å². The van der Waals surface area contributed by atoms with Gasteiger partial charge in [0.2, 0.25) is 5.91 Å². The lowest BCUT2D eigenvalue weighted by Crippen LogP contribution is -2.52. The van der Waals surface area contributed by atoms with E-state index < -0.39 is 53.4 Å². The molecule has 7 rings (SSSR count). The molecular weight excluding hydrogens is 560 g/mol. The molecule has 44 heavy (non-hydrogen) atoms. The van der Waals surface area contributed by atoms with E-state index in [1.165, 1.54) is 0 Å². The standard InChI is InChI=1S/C35H30N2O7/c38-18-19-43-24-15-9-14-23(20-24)31-35(25-16-7-8-17-26(25)36-34(35)42)27(32(39)40)29-33(41)44-30(22-12-5-2-6-13-22)28(37(29)31)21-10-3-1-4-11-21/h1-17,20,27-31,38H,18-19H2,(H,36,42)(H,39,40). The van der Waals surface area contributed by atoms with Crippen LogP contribution in [0.5, 0.6) is 5.75 Å². The number of carboxylic acid groups (broad SMARTS) is 1. The minimum Gasteiger partial charge on any atom is -0.491 e. The largest absolute Gasteiger partial charge is 0.491 e. The third kappa shape index (κ3) is 4.11. The molecule has 0 aromatic heterocycles. The topological polar surface area (TPSA) is 125 Å². The smallest absolute Gasteiger partial charge is 0.325 e. The summed E-state index contributed by atoms with van der Waals surface area (Å²) in [7, 11) is 0. The normalized spacial score (nSPS) is 27.3. The number of carboxylic acids is 1. The summed E-state index contributed by atoms with van der Waals surface area (Å²) in [6.45, 7) is -0.134. The number of aliphatic hydroxyl groups is 1. The van der Waals surface area contributed by atoms with Crippen molar-refractivity contribution in [3.8, 4) is 5.75 Å². The van der Waals surface area contributed by atoms with Crippen LogP contribution in [-0.2, 0) is 24.5 Å². The molecule has 0 saturated carbocycles. The van der Waals surface area contributed by atoms with E-state index in [2.05, 4.69) is 5.32 Å². The second kappa shape index (κ2) is 10.9. The van der Waals surface area contributed by atoms with Crippen molar-refractivity contribution in [2.24, 2.45) is 5.92 Å². The fourth-order valence-corrected chi connectivity index (χ4v) is 7.47. The minimum absolute atomic E-state index is 0.0573. The monoisotopic (exact) mass is 590 g/mol. The number of esters is 1. The third-order valence-electron chi connectivity index (χ3n) is 9.02. The van der Waals surface area contributed by atoms with Gasteiger partial charge in [-0.1, -0.05) is 91.0 Å². The number of para-hydroxylation sites is 1. The van der Waals surface area contributed by atoms with Crippen molar-refractivity contribution in [2.75, 3.05) is 18.5 Å². The molecule has 4 aromatic carbocycles. The molecule has 0 bridgehead atoms. The number of aliphatic carboxylic acids is 1. The van der Waals surface area contributed by atoms with Gasteiger partial charge in [-0.25, -0.2) is 0 Å². The summed E-state index contributed by atoms with van der Waals surface area (Å²) in [4.78, 5) is 43.9. The van der Waals surface area contributed by atoms with E-state index in [0.717, 1.165) is 11.1 Å². The van der Waals surface area contributed by atoms with Crippen molar-refractivity contribution in [1.29, 1.82) is 0 Å². The number of cyclic esters (lactones) is 1.